The maximum Gasteiger partial charge on any atom is 0.261 e. The average Bonchev–Trinajstić information content (AvgIpc) is 2.93. The number of hydrogen-bond acceptors (Lipinski definition) is 2. The Bertz CT molecular complexity index is 892. The van der Waals surface area contributed by atoms with Gasteiger partial charge in [0, 0.05) is 29.0 Å². The van der Waals surface area contributed by atoms with Gasteiger partial charge in [-0.05, 0) is 25.1 Å². The highest BCUT2D eigenvalue weighted by molar-refractivity contribution is 6.12. The lowest BCUT2D eigenvalue weighted by Crippen LogP contribution is -2.47. The monoisotopic (exact) mass is 329 g/mol. The van der Waals surface area contributed by atoms with E-state index in [0.717, 1.165) is 16.8 Å². The van der Waals surface area contributed by atoms with Crippen LogP contribution in [-0.2, 0) is 10.5 Å². The number of amides is 1. The van der Waals surface area contributed by atoms with E-state index in [1.807, 2.05) is 91.9 Å². The molecule has 0 saturated carbocycles. The van der Waals surface area contributed by atoms with Gasteiger partial charge in [0.2, 0.25) is 5.72 Å². The normalized spacial score (nSPS) is 19.1. The second-order valence-corrected chi connectivity index (χ2v) is 5.96. The van der Waals surface area contributed by atoms with Crippen LogP contribution in [0.1, 0.15) is 28.4 Å². The van der Waals surface area contributed by atoms with Crippen LogP contribution < -0.4 is 4.90 Å². The molecule has 124 valence electrons. The SMILES string of the molecule is CCO[C@]1(c2ccccc2)c2ccccc2C(=O)N1c1ccccc1. The van der Waals surface area contributed by atoms with Gasteiger partial charge in [-0.25, -0.2) is 0 Å². The van der Waals surface area contributed by atoms with E-state index in [0.29, 0.717) is 12.2 Å². The van der Waals surface area contributed by atoms with E-state index in [2.05, 4.69) is 0 Å². The molecule has 1 atom stereocenters. The quantitative estimate of drug-likeness (QED) is 0.701. The highest BCUT2D eigenvalue weighted by atomic mass is 16.5. The zero-order chi connectivity index (χ0) is 17.3. The fraction of sp³-hybridized carbons (Fsp3) is 0.136. The number of carbonyl (C=O) groups excluding carboxylic acids is 1. The van der Waals surface area contributed by atoms with Crippen LogP contribution in [-0.4, -0.2) is 12.5 Å². The predicted octanol–water partition coefficient (Wildman–Crippen LogP) is 4.58. The Morgan fingerprint density at radius 3 is 2.12 bits per heavy atom. The standard InChI is InChI=1S/C22H19NO2/c1-2-25-22(17-11-5-3-6-12-17)20-16-10-9-15-19(20)21(24)23(22)18-13-7-4-8-14-18/h3-16H,2H2,1H3/t22-/m1/s1. The van der Waals surface area contributed by atoms with Gasteiger partial charge < -0.3 is 4.74 Å². The molecule has 0 radical (unpaired) electrons. The molecule has 0 N–H and O–H groups in total. The lowest BCUT2D eigenvalue weighted by molar-refractivity contribution is -0.00512. The summed E-state index contributed by atoms with van der Waals surface area (Å²) in [5.74, 6) is -0.0425. The molecule has 1 aliphatic heterocycles. The Morgan fingerprint density at radius 2 is 1.44 bits per heavy atom. The lowest BCUT2D eigenvalue weighted by atomic mass is 9.93. The topological polar surface area (TPSA) is 29.5 Å². The molecule has 0 unspecified atom stereocenters. The Morgan fingerprint density at radius 1 is 0.840 bits per heavy atom. The second-order valence-electron chi connectivity index (χ2n) is 5.96. The summed E-state index contributed by atoms with van der Waals surface area (Å²) in [6, 6.07) is 27.4. The van der Waals surface area contributed by atoms with Crippen molar-refractivity contribution in [1.82, 2.24) is 0 Å². The number of fused-ring (bicyclic) bond motifs is 1. The van der Waals surface area contributed by atoms with Crippen LogP contribution in [0.4, 0.5) is 5.69 Å². The van der Waals surface area contributed by atoms with E-state index < -0.39 is 5.72 Å². The number of anilines is 1. The van der Waals surface area contributed by atoms with Crippen molar-refractivity contribution >= 4 is 11.6 Å². The molecule has 1 heterocycles. The van der Waals surface area contributed by atoms with Gasteiger partial charge in [-0.15, -0.1) is 0 Å². The van der Waals surface area contributed by atoms with Gasteiger partial charge in [0.1, 0.15) is 0 Å². The van der Waals surface area contributed by atoms with Gasteiger partial charge in [0.15, 0.2) is 0 Å². The number of benzene rings is 3. The minimum absolute atomic E-state index is 0.0425. The summed E-state index contributed by atoms with van der Waals surface area (Å²) in [7, 11) is 0. The highest BCUT2D eigenvalue weighted by Gasteiger charge is 2.52. The fourth-order valence-corrected chi connectivity index (χ4v) is 3.61. The van der Waals surface area contributed by atoms with Crippen molar-refractivity contribution in [2.75, 3.05) is 11.5 Å². The molecule has 3 aromatic rings. The molecule has 4 rings (SSSR count). The van der Waals surface area contributed by atoms with Crippen molar-refractivity contribution in [3.63, 3.8) is 0 Å². The molecule has 0 fully saturated rings. The number of carbonyl (C=O) groups is 1. The van der Waals surface area contributed by atoms with E-state index in [4.69, 9.17) is 4.74 Å². The van der Waals surface area contributed by atoms with Crippen LogP contribution >= 0.6 is 0 Å². The molecule has 1 aliphatic rings. The van der Waals surface area contributed by atoms with Gasteiger partial charge in [-0.1, -0.05) is 66.7 Å². The van der Waals surface area contributed by atoms with Crippen molar-refractivity contribution in [2.45, 2.75) is 12.6 Å². The third kappa shape index (κ3) is 2.28. The fourth-order valence-electron chi connectivity index (χ4n) is 3.61. The summed E-state index contributed by atoms with van der Waals surface area (Å²) in [6.45, 7) is 2.44. The largest absolute Gasteiger partial charge is 0.347 e. The second kappa shape index (κ2) is 6.19. The number of rotatable bonds is 4. The van der Waals surface area contributed by atoms with E-state index in [-0.39, 0.29) is 5.91 Å². The van der Waals surface area contributed by atoms with Crippen molar-refractivity contribution in [3.05, 3.63) is 102 Å². The summed E-state index contributed by atoms with van der Waals surface area (Å²) in [5, 5.41) is 0. The molecule has 3 heteroatoms. The minimum atomic E-state index is -0.953. The Hall–Kier alpha value is -2.91. The van der Waals surface area contributed by atoms with E-state index in [1.54, 1.807) is 4.90 Å². The molecule has 3 aromatic carbocycles. The van der Waals surface area contributed by atoms with Crippen LogP contribution in [0.5, 0.6) is 0 Å². The van der Waals surface area contributed by atoms with Crippen LogP contribution in [0.3, 0.4) is 0 Å². The molecule has 3 nitrogen and oxygen atoms in total. The van der Waals surface area contributed by atoms with Crippen LogP contribution in [0, 0.1) is 0 Å². The third-order valence-corrected chi connectivity index (χ3v) is 4.57. The number of nitrogens with zero attached hydrogens (tertiary/aromatic N) is 1. The Labute approximate surface area is 147 Å². The lowest BCUT2D eigenvalue weighted by Gasteiger charge is -2.39. The highest BCUT2D eigenvalue weighted by Crippen LogP contribution is 2.47. The minimum Gasteiger partial charge on any atom is -0.347 e. The molecule has 0 bridgehead atoms. The smallest absolute Gasteiger partial charge is 0.261 e. The summed E-state index contributed by atoms with van der Waals surface area (Å²) < 4.78 is 6.35. The first kappa shape index (κ1) is 15.6. The summed E-state index contributed by atoms with van der Waals surface area (Å²) in [5.41, 5.74) is 2.38. The number of hydrogen-bond donors (Lipinski definition) is 0. The third-order valence-electron chi connectivity index (χ3n) is 4.57. The molecule has 25 heavy (non-hydrogen) atoms. The molecule has 0 saturated heterocycles. The predicted molar refractivity (Wildman–Crippen MR) is 98.5 cm³/mol. The van der Waals surface area contributed by atoms with Crippen molar-refractivity contribution in [2.24, 2.45) is 0 Å². The molecule has 0 aliphatic carbocycles. The zero-order valence-corrected chi connectivity index (χ0v) is 14.1. The zero-order valence-electron chi connectivity index (χ0n) is 14.1. The first-order valence-corrected chi connectivity index (χ1v) is 8.47. The van der Waals surface area contributed by atoms with Gasteiger partial charge in [-0.3, -0.25) is 9.69 Å². The van der Waals surface area contributed by atoms with Crippen molar-refractivity contribution in [1.29, 1.82) is 0 Å². The van der Waals surface area contributed by atoms with Gasteiger partial charge in [-0.2, -0.15) is 0 Å². The van der Waals surface area contributed by atoms with Crippen LogP contribution in [0.25, 0.3) is 0 Å². The van der Waals surface area contributed by atoms with Crippen molar-refractivity contribution in [3.8, 4) is 0 Å². The molecular formula is C22H19NO2. The van der Waals surface area contributed by atoms with Gasteiger partial charge in [0.25, 0.3) is 5.91 Å². The first-order valence-electron chi connectivity index (χ1n) is 8.47. The van der Waals surface area contributed by atoms with Crippen LogP contribution in [0.2, 0.25) is 0 Å². The number of para-hydroxylation sites is 1. The summed E-state index contributed by atoms with van der Waals surface area (Å²) in [4.78, 5) is 15.1. The Balaban J connectivity index is 2.04. The van der Waals surface area contributed by atoms with Crippen molar-refractivity contribution < 1.29 is 9.53 Å². The van der Waals surface area contributed by atoms with Gasteiger partial charge >= 0.3 is 0 Å². The molecule has 1 amide bonds. The Kier molecular flexibility index (Phi) is 3.86. The molecular weight excluding hydrogens is 310 g/mol. The van der Waals surface area contributed by atoms with E-state index in [9.17, 15) is 4.79 Å². The van der Waals surface area contributed by atoms with E-state index in [1.165, 1.54) is 0 Å². The van der Waals surface area contributed by atoms with Gasteiger partial charge in [0.05, 0.1) is 0 Å². The van der Waals surface area contributed by atoms with Crippen LogP contribution in [0.15, 0.2) is 84.9 Å². The molecule has 0 aromatic heterocycles. The first-order chi connectivity index (χ1) is 12.3. The maximum atomic E-state index is 13.3. The number of ether oxygens (including phenoxy) is 1. The summed E-state index contributed by atoms with van der Waals surface area (Å²) in [6.07, 6.45) is 0. The van der Waals surface area contributed by atoms with E-state index >= 15 is 0 Å². The maximum absolute atomic E-state index is 13.3. The molecule has 0 spiro atoms. The summed E-state index contributed by atoms with van der Waals surface area (Å²) >= 11 is 0. The average molecular weight is 329 g/mol.